The summed E-state index contributed by atoms with van der Waals surface area (Å²) in [4.78, 5) is 7.77. The lowest BCUT2D eigenvalue weighted by Crippen LogP contribution is -2.08. The maximum Gasteiger partial charge on any atom is 0.232 e. The summed E-state index contributed by atoms with van der Waals surface area (Å²) in [5.41, 5.74) is 5.37. The van der Waals surface area contributed by atoms with E-state index in [4.69, 9.17) is 15.2 Å². The summed E-state index contributed by atoms with van der Waals surface area (Å²) < 4.78 is 10.5. The van der Waals surface area contributed by atoms with Gasteiger partial charge >= 0.3 is 0 Å². The van der Waals surface area contributed by atoms with E-state index in [1.807, 2.05) is 0 Å². The van der Waals surface area contributed by atoms with Crippen molar-refractivity contribution in [2.75, 3.05) is 25.6 Å². The molecule has 1 rings (SSSR count). The second kappa shape index (κ2) is 6.15. The quantitative estimate of drug-likeness (QED) is 0.685. The molecule has 0 radical (unpaired) electrons. The topological polar surface area (TPSA) is 70.3 Å². The highest BCUT2D eigenvalue weighted by Gasteiger charge is 1.95. The number of rotatable bonds is 6. The van der Waals surface area contributed by atoms with Crippen LogP contribution in [0.3, 0.4) is 0 Å². The lowest BCUT2D eigenvalue weighted by atomic mass is 10.5. The monoisotopic (exact) mass is 197 g/mol. The fourth-order valence-corrected chi connectivity index (χ4v) is 0.852. The van der Waals surface area contributed by atoms with Gasteiger partial charge in [-0.25, -0.2) is 9.97 Å². The first-order valence-electron chi connectivity index (χ1n) is 4.61. The number of aromatic nitrogens is 2. The first kappa shape index (κ1) is 10.7. The number of anilines is 1. The van der Waals surface area contributed by atoms with Crippen LogP contribution in [0.15, 0.2) is 12.4 Å². The number of hydrogen-bond donors (Lipinski definition) is 1. The Labute approximate surface area is 83.3 Å². The molecular formula is C9H15N3O2. The minimum absolute atomic E-state index is 0.389. The molecule has 5 heteroatoms. The highest BCUT2D eigenvalue weighted by molar-refractivity contribution is 5.24. The van der Waals surface area contributed by atoms with Crippen molar-refractivity contribution in [2.24, 2.45) is 0 Å². The number of nitrogens with zero attached hydrogens (tertiary/aromatic N) is 2. The molecule has 2 N–H and O–H groups in total. The van der Waals surface area contributed by atoms with Crippen LogP contribution < -0.4 is 10.5 Å². The van der Waals surface area contributed by atoms with Gasteiger partial charge in [0.1, 0.15) is 12.4 Å². The normalized spacial score (nSPS) is 10.1. The zero-order valence-electron chi connectivity index (χ0n) is 8.27. The highest BCUT2D eigenvalue weighted by Crippen LogP contribution is 2.03. The molecule has 0 saturated carbocycles. The average Bonchev–Trinajstić information content (AvgIpc) is 2.21. The number of nitrogens with two attached hydrogens (primary N) is 1. The molecule has 1 aromatic rings. The first-order chi connectivity index (χ1) is 6.83. The molecule has 1 aromatic heterocycles. The average molecular weight is 197 g/mol. The molecule has 5 nitrogen and oxygen atoms in total. The Hall–Kier alpha value is -1.36. The standard InChI is InChI=1S/C9H15N3O2/c1-2-3-13-4-5-14-9-7-11-8(10)6-12-9/h6-7H,2-5H2,1H3,(H2,10,11). The van der Waals surface area contributed by atoms with E-state index in [2.05, 4.69) is 16.9 Å². The van der Waals surface area contributed by atoms with Gasteiger partial charge in [0.25, 0.3) is 0 Å². The van der Waals surface area contributed by atoms with Crippen molar-refractivity contribution in [1.29, 1.82) is 0 Å². The Morgan fingerprint density at radius 1 is 1.21 bits per heavy atom. The Bertz CT molecular complexity index is 251. The lowest BCUT2D eigenvalue weighted by molar-refractivity contribution is 0.0989. The minimum atomic E-state index is 0.389. The predicted molar refractivity (Wildman–Crippen MR) is 53.0 cm³/mol. The molecule has 0 aromatic carbocycles. The Kier molecular flexibility index (Phi) is 4.71. The Morgan fingerprint density at radius 2 is 2.07 bits per heavy atom. The highest BCUT2D eigenvalue weighted by atomic mass is 16.5. The third-order valence-corrected chi connectivity index (χ3v) is 1.47. The number of ether oxygens (including phenoxy) is 2. The van der Waals surface area contributed by atoms with Crippen LogP contribution in [0.4, 0.5) is 5.82 Å². The molecular weight excluding hydrogens is 182 g/mol. The molecule has 0 aliphatic heterocycles. The molecule has 0 atom stereocenters. The van der Waals surface area contributed by atoms with Crippen molar-refractivity contribution in [2.45, 2.75) is 13.3 Å². The molecule has 14 heavy (non-hydrogen) atoms. The molecule has 0 aliphatic rings. The maximum absolute atomic E-state index is 5.37. The van der Waals surface area contributed by atoms with Gasteiger partial charge in [0.15, 0.2) is 0 Å². The summed E-state index contributed by atoms with van der Waals surface area (Å²) >= 11 is 0. The minimum Gasteiger partial charge on any atom is -0.474 e. The van der Waals surface area contributed by atoms with E-state index >= 15 is 0 Å². The van der Waals surface area contributed by atoms with E-state index in [1.54, 1.807) is 0 Å². The maximum atomic E-state index is 5.37. The molecule has 0 unspecified atom stereocenters. The van der Waals surface area contributed by atoms with E-state index in [0.717, 1.165) is 13.0 Å². The number of nitrogen functional groups attached to an aromatic ring is 1. The fraction of sp³-hybridized carbons (Fsp3) is 0.556. The van der Waals surface area contributed by atoms with Crippen LogP contribution in [0.5, 0.6) is 5.88 Å². The van der Waals surface area contributed by atoms with E-state index < -0.39 is 0 Å². The third-order valence-electron chi connectivity index (χ3n) is 1.47. The summed E-state index contributed by atoms with van der Waals surface area (Å²) in [5, 5.41) is 0. The van der Waals surface area contributed by atoms with Crippen molar-refractivity contribution in [3.05, 3.63) is 12.4 Å². The van der Waals surface area contributed by atoms with Crippen LogP contribution in [0.25, 0.3) is 0 Å². The summed E-state index contributed by atoms with van der Waals surface area (Å²) in [6.45, 7) is 3.88. The van der Waals surface area contributed by atoms with Crippen molar-refractivity contribution in [3.63, 3.8) is 0 Å². The summed E-state index contributed by atoms with van der Waals surface area (Å²) in [7, 11) is 0. The molecule has 78 valence electrons. The number of hydrogen-bond acceptors (Lipinski definition) is 5. The zero-order valence-corrected chi connectivity index (χ0v) is 8.27. The molecule has 0 saturated heterocycles. The van der Waals surface area contributed by atoms with Gasteiger partial charge in [-0.05, 0) is 6.42 Å². The van der Waals surface area contributed by atoms with Crippen LogP contribution in [0.2, 0.25) is 0 Å². The van der Waals surface area contributed by atoms with Crippen LogP contribution in [0, 0.1) is 0 Å². The van der Waals surface area contributed by atoms with Crippen molar-refractivity contribution in [1.82, 2.24) is 9.97 Å². The van der Waals surface area contributed by atoms with Gasteiger partial charge in [-0.15, -0.1) is 0 Å². The van der Waals surface area contributed by atoms with E-state index in [-0.39, 0.29) is 0 Å². The van der Waals surface area contributed by atoms with Crippen molar-refractivity contribution < 1.29 is 9.47 Å². The largest absolute Gasteiger partial charge is 0.474 e. The smallest absolute Gasteiger partial charge is 0.232 e. The summed E-state index contributed by atoms with van der Waals surface area (Å²) in [5.74, 6) is 0.860. The van der Waals surface area contributed by atoms with E-state index in [9.17, 15) is 0 Å². The molecule has 0 aliphatic carbocycles. The van der Waals surface area contributed by atoms with Gasteiger partial charge in [-0.1, -0.05) is 6.92 Å². The van der Waals surface area contributed by atoms with Crippen molar-refractivity contribution >= 4 is 5.82 Å². The molecule has 0 spiro atoms. The van der Waals surface area contributed by atoms with Gasteiger partial charge in [-0.3, -0.25) is 0 Å². The van der Waals surface area contributed by atoms with Gasteiger partial charge in [0, 0.05) is 6.61 Å². The Morgan fingerprint density at radius 3 is 2.71 bits per heavy atom. The molecule has 0 amide bonds. The summed E-state index contributed by atoms with van der Waals surface area (Å²) in [6.07, 6.45) is 3.97. The molecule has 0 fully saturated rings. The second-order valence-corrected chi connectivity index (χ2v) is 2.74. The zero-order chi connectivity index (χ0) is 10.2. The SMILES string of the molecule is CCCOCCOc1cnc(N)cn1. The third kappa shape index (κ3) is 4.04. The van der Waals surface area contributed by atoms with Gasteiger partial charge in [0.2, 0.25) is 5.88 Å². The summed E-state index contributed by atoms with van der Waals surface area (Å²) in [6, 6.07) is 0. The van der Waals surface area contributed by atoms with E-state index in [1.165, 1.54) is 12.4 Å². The van der Waals surface area contributed by atoms with Gasteiger partial charge in [-0.2, -0.15) is 0 Å². The molecule has 1 heterocycles. The Balaban J connectivity index is 2.15. The lowest BCUT2D eigenvalue weighted by Gasteiger charge is -2.04. The predicted octanol–water partition coefficient (Wildman–Crippen LogP) is 0.864. The van der Waals surface area contributed by atoms with E-state index in [0.29, 0.717) is 24.9 Å². The van der Waals surface area contributed by atoms with Crippen LogP contribution in [-0.4, -0.2) is 29.8 Å². The van der Waals surface area contributed by atoms with Crippen molar-refractivity contribution in [3.8, 4) is 5.88 Å². The second-order valence-electron chi connectivity index (χ2n) is 2.74. The van der Waals surface area contributed by atoms with Crippen LogP contribution in [-0.2, 0) is 4.74 Å². The van der Waals surface area contributed by atoms with Crippen LogP contribution in [0.1, 0.15) is 13.3 Å². The van der Waals surface area contributed by atoms with Gasteiger partial charge < -0.3 is 15.2 Å². The fourth-order valence-electron chi connectivity index (χ4n) is 0.852. The van der Waals surface area contributed by atoms with Crippen LogP contribution >= 0.6 is 0 Å². The van der Waals surface area contributed by atoms with Gasteiger partial charge in [0.05, 0.1) is 19.0 Å². The first-order valence-corrected chi connectivity index (χ1v) is 4.61. The molecule has 0 bridgehead atoms.